The van der Waals surface area contributed by atoms with Gasteiger partial charge in [0, 0.05) is 0 Å². The van der Waals surface area contributed by atoms with Crippen molar-refractivity contribution in [2.24, 2.45) is 0 Å². The van der Waals surface area contributed by atoms with Crippen molar-refractivity contribution in [3.8, 4) is 0 Å². The monoisotopic (exact) mass is 314 g/mol. The van der Waals surface area contributed by atoms with Crippen molar-refractivity contribution in [2.45, 2.75) is 51.9 Å². The van der Waals surface area contributed by atoms with Gasteiger partial charge in [0.2, 0.25) is 5.82 Å². The maximum Gasteiger partial charge on any atom is 0.374 e. The summed E-state index contributed by atoms with van der Waals surface area (Å²) in [6, 6.07) is 4.06. The highest BCUT2D eigenvalue weighted by molar-refractivity contribution is 5.90. The summed E-state index contributed by atoms with van der Waals surface area (Å²) in [6.07, 6.45) is 2.34. The van der Waals surface area contributed by atoms with E-state index in [1.54, 1.807) is 6.92 Å². The first-order chi connectivity index (χ1) is 10.8. The fourth-order valence-corrected chi connectivity index (χ4v) is 2.79. The second kappa shape index (κ2) is 5.48. The number of carbonyl (C=O) groups is 1. The van der Waals surface area contributed by atoms with E-state index in [0.29, 0.717) is 16.8 Å². The number of carbonyl (C=O) groups excluding carboxylic acids is 1. The summed E-state index contributed by atoms with van der Waals surface area (Å²) < 4.78 is 4.96. The molecule has 1 aliphatic rings. The summed E-state index contributed by atoms with van der Waals surface area (Å²) in [5.74, 6) is -0.0868. The van der Waals surface area contributed by atoms with E-state index in [1.165, 1.54) is 18.4 Å². The van der Waals surface area contributed by atoms with Gasteiger partial charge in [-0.2, -0.15) is 0 Å². The zero-order chi connectivity index (χ0) is 16.8. The third-order valence-corrected chi connectivity index (χ3v) is 4.16. The number of ether oxygens (including phenoxy) is 1. The quantitative estimate of drug-likeness (QED) is 0.883. The van der Waals surface area contributed by atoms with Crippen molar-refractivity contribution < 1.29 is 9.53 Å². The van der Waals surface area contributed by atoms with E-state index in [9.17, 15) is 9.59 Å². The van der Waals surface area contributed by atoms with Gasteiger partial charge >= 0.3 is 5.97 Å². The number of H-pyrrole nitrogens is 1. The van der Waals surface area contributed by atoms with Crippen LogP contribution in [-0.2, 0) is 10.2 Å². The molecule has 5 nitrogen and oxygen atoms in total. The molecule has 1 aliphatic carbocycles. The van der Waals surface area contributed by atoms with Crippen LogP contribution in [0.1, 0.15) is 68.2 Å². The maximum atomic E-state index is 12.5. The average Bonchev–Trinajstić information content (AvgIpc) is 3.30. The van der Waals surface area contributed by atoms with Gasteiger partial charge in [0.25, 0.3) is 5.56 Å². The summed E-state index contributed by atoms with van der Waals surface area (Å²) in [4.78, 5) is 31.4. The highest BCUT2D eigenvalue weighted by atomic mass is 16.5. The largest absolute Gasteiger partial charge is 0.460 e. The zero-order valence-corrected chi connectivity index (χ0v) is 14.0. The molecule has 0 aliphatic heterocycles. The number of esters is 1. The molecule has 1 saturated carbocycles. The van der Waals surface area contributed by atoms with E-state index in [0.717, 1.165) is 5.56 Å². The van der Waals surface area contributed by atoms with Crippen LogP contribution < -0.4 is 5.56 Å². The molecule has 0 saturated heterocycles. The number of nitrogens with zero attached hydrogens (tertiary/aromatic N) is 1. The van der Waals surface area contributed by atoms with E-state index < -0.39 is 5.97 Å². The summed E-state index contributed by atoms with van der Waals surface area (Å²) in [7, 11) is 0. The second-order valence-electron chi connectivity index (χ2n) is 7.12. The molecular formula is C18H22N2O3. The van der Waals surface area contributed by atoms with Crippen LogP contribution >= 0.6 is 0 Å². The van der Waals surface area contributed by atoms with Crippen LogP contribution in [0.4, 0.5) is 0 Å². The van der Waals surface area contributed by atoms with Crippen molar-refractivity contribution >= 4 is 16.9 Å². The molecule has 1 N–H and O–H groups in total. The van der Waals surface area contributed by atoms with Gasteiger partial charge in [-0.1, -0.05) is 26.8 Å². The molecule has 0 unspecified atom stereocenters. The molecule has 2 aromatic rings. The van der Waals surface area contributed by atoms with Crippen LogP contribution in [0, 0.1) is 0 Å². The Morgan fingerprint density at radius 3 is 2.61 bits per heavy atom. The minimum absolute atomic E-state index is 0.0333. The number of hydrogen-bond acceptors (Lipinski definition) is 4. The molecule has 0 atom stereocenters. The van der Waals surface area contributed by atoms with Crippen LogP contribution in [0.15, 0.2) is 16.9 Å². The number of aromatic nitrogens is 2. The summed E-state index contributed by atoms with van der Waals surface area (Å²) >= 11 is 0. The van der Waals surface area contributed by atoms with Gasteiger partial charge in [-0.25, -0.2) is 9.78 Å². The molecule has 0 radical (unpaired) electrons. The molecule has 1 heterocycles. The molecular weight excluding hydrogens is 292 g/mol. The van der Waals surface area contributed by atoms with Crippen molar-refractivity contribution in [2.75, 3.05) is 6.61 Å². The van der Waals surface area contributed by atoms with Crippen molar-refractivity contribution in [3.05, 3.63) is 39.4 Å². The molecule has 23 heavy (non-hydrogen) atoms. The summed E-state index contributed by atoms with van der Waals surface area (Å²) in [6.45, 7) is 8.23. The van der Waals surface area contributed by atoms with Gasteiger partial charge in [-0.3, -0.25) is 4.79 Å². The van der Waals surface area contributed by atoms with E-state index >= 15 is 0 Å². The van der Waals surface area contributed by atoms with Gasteiger partial charge in [-0.15, -0.1) is 0 Å². The highest BCUT2D eigenvalue weighted by Gasteiger charge is 2.28. The van der Waals surface area contributed by atoms with Crippen molar-refractivity contribution in [1.29, 1.82) is 0 Å². The minimum Gasteiger partial charge on any atom is -0.460 e. The molecule has 3 rings (SSSR count). The van der Waals surface area contributed by atoms with Gasteiger partial charge in [-0.05, 0) is 48.3 Å². The Bertz CT molecular complexity index is 827. The minimum atomic E-state index is -0.599. The van der Waals surface area contributed by atoms with E-state index in [1.807, 2.05) is 6.07 Å². The number of fused-ring (bicyclic) bond motifs is 1. The smallest absolute Gasteiger partial charge is 0.374 e. The fourth-order valence-electron chi connectivity index (χ4n) is 2.79. The van der Waals surface area contributed by atoms with Gasteiger partial charge in [0.15, 0.2) is 0 Å². The Morgan fingerprint density at radius 1 is 1.35 bits per heavy atom. The predicted molar refractivity (Wildman–Crippen MR) is 89.0 cm³/mol. The topological polar surface area (TPSA) is 72.0 Å². The predicted octanol–water partition coefficient (Wildman–Crippen LogP) is 3.27. The lowest BCUT2D eigenvalue weighted by Crippen LogP contribution is -2.21. The molecule has 1 aromatic carbocycles. The van der Waals surface area contributed by atoms with Crippen molar-refractivity contribution in [1.82, 2.24) is 9.97 Å². The molecule has 1 fully saturated rings. The third kappa shape index (κ3) is 3.00. The summed E-state index contributed by atoms with van der Waals surface area (Å²) in [5, 5.41) is 0.548. The number of hydrogen-bond donors (Lipinski definition) is 1. The Morgan fingerprint density at radius 2 is 2.04 bits per heavy atom. The Hall–Kier alpha value is -2.17. The first kappa shape index (κ1) is 15.7. The standard InChI is InChI=1S/C18H22N2O3/c1-5-23-17(22)15-19-14-12(16(21)20-15)8-11(10-6-7-10)9-13(14)18(2,3)4/h8-10H,5-7H2,1-4H3,(H,19,20,21). The van der Waals surface area contributed by atoms with Crippen LogP contribution in [0.5, 0.6) is 0 Å². The van der Waals surface area contributed by atoms with Gasteiger partial charge in [0.1, 0.15) is 0 Å². The van der Waals surface area contributed by atoms with E-state index in [2.05, 4.69) is 36.8 Å². The zero-order valence-electron chi connectivity index (χ0n) is 14.0. The lowest BCUT2D eigenvalue weighted by molar-refractivity contribution is 0.0512. The molecule has 0 bridgehead atoms. The SMILES string of the molecule is CCOC(=O)c1nc2c(C(C)(C)C)cc(C3CC3)cc2c(=O)[nH]1. The number of nitrogens with one attached hydrogen (secondary N) is 1. The number of aromatic amines is 1. The number of benzene rings is 1. The molecule has 0 amide bonds. The van der Waals surface area contributed by atoms with Crippen LogP contribution in [0.2, 0.25) is 0 Å². The maximum absolute atomic E-state index is 12.5. The molecule has 1 aromatic heterocycles. The third-order valence-electron chi connectivity index (χ3n) is 4.16. The summed E-state index contributed by atoms with van der Waals surface area (Å²) in [5.41, 5.74) is 2.32. The van der Waals surface area contributed by atoms with Crippen molar-refractivity contribution in [3.63, 3.8) is 0 Å². The second-order valence-corrected chi connectivity index (χ2v) is 7.12. The lowest BCUT2D eigenvalue weighted by atomic mass is 9.84. The lowest BCUT2D eigenvalue weighted by Gasteiger charge is -2.22. The Labute approximate surface area is 135 Å². The normalized spacial score (nSPS) is 15.0. The molecule has 5 heteroatoms. The van der Waals surface area contributed by atoms with Gasteiger partial charge < -0.3 is 9.72 Å². The first-order valence-corrected chi connectivity index (χ1v) is 8.07. The van der Waals surface area contributed by atoms with Crippen LogP contribution in [0.3, 0.4) is 0 Å². The fraction of sp³-hybridized carbons (Fsp3) is 0.500. The Kier molecular flexibility index (Phi) is 3.74. The first-order valence-electron chi connectivity index (χ1n) is 8.07. The van der Waals surface area contributed by atoms with Crippen LogP contribution in [0.25, 0.3) is 10.9 Å². The molecule has 0 spiro atoms. The molecule has 122 valence electrons. The van der Waals surface area contributed by atoms with Gasteiger partial charge in [0.05, 0.1) is 17.5 Å². The number of rotatable bonds is 3. The highest BCUT2D eigenvalue weighted by Crippen LogP contribution is 2.42. The Balaban J connectivity index is 2.27. The van der Waals surface area contributed by atoms with E-state index in [-0.39, 0.29) is 23.4 Å². The van der Waals surface area contributed by atoms with E-state index in [4.69, 9.17) is 4.74 Å². The average molecular weight is 314 g/mol. The van der Waals surface area contributed by atoms with Crippen LogP contribution in [-0.4, -0.2) is 22.5 Å².